The van der Waals surface area contributed by atoms with E-state index in [-0.39, 0.29) is 49.3 Å². The molecule has 0 aliphatic heterocycles. The lowest BCUT2D eigenvalue weighted by atomic mass is 10.1. The van der Waals surface area contributed by atoms with Gasteiger partial charge in [0.05, 0.1) is 31.9 Å². The Morgan fingerprint density at radius 3 is 2.57 bits per heavy atom. The largest absolute Gasteiger partial charge is 0.491 e. The van der Waals surface area contributed by atoms with Gasteiger partial charge in [0.25, 0.3) is 0 Å². The minimum absolute atomic E-state index is 0.0655. The topological polar surface area (TPSA) is 139 Å². The Balaban J connectivity index is 1.43. The number of benzene rings is 2. The first kappa shape index (κ1) is 28.3. The van der Waals surface area contributed by atoms with Crippen molar-refractivity contribution >= 4 is 28.4 Å². The molecular weight excluding hydrogens is 555 g/mol. The summed E-state index contributed by atoms with van der Waals surface area (Å²) in [5, 5.41) is 8.21. The van der Waals surface area contributed by atoms with Crippen molar-refractivity contribution in [3.05, 3.63) is 84.1 Å². The molecule has 0 atom stereocenters. The molecule has 3 heterocycles. The normalized spacial score (nSPS) is 11.0. The molecule has 5 aromatic rings. The van der Waals surface area contributed by atoms with E-state index in [0.29, 0.717) is 28.0 Å². The van der Waals surface area contributed by atoms with Crippen LogP contribution in [0.25, 0.3) is 22.4 Å². The molecule has 0 unspecified atom stereocenters. The zero-order valence-electron chi connectivity index (χ0n) is 22.2. The van der Waals surface area contributed by atoms with Crippen LogP contribution in [-0.4, -0.2) is 57.6 Å². The number of carbonyl (C=O) groups excluding carboxylic acids is 1. The number of ether oxygens (including phenoxy) is 3. The van der Waals surface area contributed by atoms with Gasteiger partial charge in [0.1, 0.15) is 36.3 Å². The second-order valence-electron chi connectivity index (χ2n) is 8.76. The van der Waals surface area contributed by atoms with Gasteiger partial charge in [-0.2, -0.15) is 9.49 Å². The van der Waals surface area contributed by atoms with Crippen LogP contribution < -0.4 is 20.5 Å². The Morgan fingerprint density at radius 1 is 1.05 bits per heavy atom. The molecule has 5 rings (SSSR count). The Kier molecular flexibility index (Phi) is 8.43. The number of aromatic nitrogens is 5. The van der Waals surface area contributed by atoms with Crippen molar-refractivity contribution in [1.29, 1.82) is 0 Å². The van der Waals surface area contributed by atoms with Crippen molar-refractivity contribution in [3.63, 3.8) is 0 Å². The van der Waals surface area contributed by atoms with Crippen LogP contribution in [0.1, 0.15) is 5.56 Å². The molecule has 0 amide bonds. The fourth-order valence-electron chi connectivity index (χ4n) is 4.09. The van der Waals surface area contributed by atoms with Gasteiger partial charge in [-0.25, -0.2) is 23.7 Å². The first-order chi connectivity index (χ1) is 20.4. The van der Waals surface area contributed by atoms with Gasteiger partial charge in [0.2, 0.25) is 5.95 Å². The van der Waals surface area contributed by atoms with Crippen molar-refractivity contribution in [3.8, 4) is 23.0 Å². The number of hydrogen-bond donors (Lipinski definition) is 2. The van der Waals surface area contributed by atoms with E-state index in [9.17, 15) is 9.18 Å². The number of nitrogens with one attached hydrogen (secondary N) is 1. The van der Waals surface area contributed by atoms with Gasteiger partial charge in [-0.15, -0.1) is 0 Å². The summed E-state index contributed by atoms with van der Waals surface area (Å²) < 4.78 is 60.6. The predicted molar refractivity (Wildman–Crippen MR) is 146 cm³/mol. The molecule has 14 heteroatoms. The van der Waals surface area contributed by atoms with Crippen LogP contribution in [0.4, 0.5) is 24.7 Å². The van der Waals surface area contributed by atoms with E-state index in [1.807, 2.05) is 0 Å². The number of rotatable bonds is 11. The molecule has 216 valence electrons. The number of esters is 1. The molecule has 0 fully saturated rings. The smallest absolute Gasteiger partial charge is 0.319 e. The molecule has 0 radical (unpaired) electrons. The number of nitrogens with zero attached hydrogens (tertiary/aromatic N) is 5. The van der Waals surface area contributed by atoms with E-state index < -0.39 is 23.6 Å². The Labute approximate surface area is 237 Å². The second kappa shape index (κ2) is 12.5. The maximum Gasteiger partial charge on any atom is 0.319 e. The predicted octanol–water partition coefficient (Wildman–Crippen LogP) is 3.99. The Hall–Kier alpha value is -5.24. The first-order valence-corrected chi connectivity index (χ1v) is 12.6. The number of para-hydroxylation sites is 1. The van der Waals surface area contributed by atoms with E-state index in [1.54, 1.807) is 30.3 Å². The molecule has 0 aliphatic rings. The minimum Gasteiger partial charge on any atom is -0.491 e. The maximum absolute atomic E-state index is 15.0. The van der Waals surface area contributed by atoms with Gasteiger partial charge in [-0.3, -0.25) is 9.48 Å². The van der Waals surface area contributed by atoms with Gasteiger partial charge in [-0.05, 0) is 12.1 Å². The molecule has 42 heavy (non-hydrogen) atoms. The average Bonchev–Trinajstić information content (AvgIpc) is 3.35. The van der Waals surface area contributed by atoms with Crippen LogP contribution in [0.15, 0.2) is 60.9 Å². The van der Waals surface area contributed by atoms with Gasteiger partial charge >= 0.3 is 5.97 Å². The van der Waals surface area contributed by atoms with Crippen molar-refractivity contribution in [2.75, 3.05) is 32.2 Å². The third-order valence-electron chi connectivity index (χ3n) is 6.04. The standard InChI is InChI=1S/C28H24F3N7O4/c1-40-23-14-34-28(36-27(23)35-16-6-7-33-24(31)10-16)26-18-4-2-3-5-22(18)38(37-26)15-19-20(29)11-17(12-21(19)30)41-8-9-42-25(39)13-32/h2-7,10-12,14H,8-9,13,15,32H2,1H3,(H,33,34,35,36). The summed E-state index contributed by atoms with van der Waals surface area (Å²) in [6.45, 7) is -0.750. The fraction of sp³-hybridized carbons (Fsp3) is 0.179. The van der Waals surface area contributed by atoms with Gasteiger partial charge in [-0.1, -0.05) is 18.2 Å². The van der Waals surface area contributed by atoms with Crippen LogP contribution in [-0.2, 0) is 16.1 Å². The molecule has 0 saturated heterocycles. The van der Waals surface area contributed by atoms with E-state index in [4.69, 9.17) is 19.9 Å². The highest BCUT2D eigenvalue weighted by Crippen LogP contribution is 2.31. The molecule has 0 saturated carbocycles. The third-order valence-corrected chi connectivity index (χ3v) is 6.04. The Morgan fingerprint density at radius 2 is 1.83 bits per heavy atom. The number of fused-ring (bicyclic) bond motifs is 1. The van der Waals surface area contributed by atoms with E-state index in [1.165, 1.54) is 30.3 Å². The van der Waals surface area contributed by atoms with E-state index in [2.05, 4.69) is 25.4 Å². The van der Waals surface area contributed by atoms with Crippen LogP contribution >= 0.6 is 0 Å². The van der Waals surface area contributed by atoms with E-state index in [0.717, 1.165) is 12.1 Å². The van der Waals surface area contributed by atoms with Gasteiger partial charge < -0.3 is 25.3 Å². The SMILES string of the molecule is COc1cnc(-c2nn(Cc3c(F)cc(OCCOC(=O)CN)cc3F)c3ccccc23)nc1Nc1ccnc(F)c1. The van der Waals surface area contributed by atoms with Crippen molar-refractivity contribution in [2.45, 2.75) is 6.54 Å². The summed E-state index contributed by atoms with van der Waals surface area (Å²) in [5.41, 5.74) is 6.23. The van der Waals surface area contributed by atoms with Crippen LogP contribution in [0.3, 0.4) is 0 Å². The summed E-state index contributed by atoms with van der Waals surface area (Å²) >= 11 is 0. The highest BCUT2D eigenvalue weighted by atomic mass is 19.1. The number of pyridine rings is 1. The molecule has 3 N–H and O–H groups in total. The van der Waals surface area contributed by atoms with Crippen LogP contribution in [0.5, 0.6) is 11.5 Å². The summed E-state index contributed by atoms with van der Waals surface area (Å²) in [5.74, 6) is -2.31. The van der Waals surface area contributed by atoms with Crippen molar-refractivity contribution in [2.24, 2.45) is 5.73 Å². The molecule has 0 aliphatic carbocycles. The molecule has 11 nitrogen and oxygen atoms in total. The number of anilines is 2. The highest BCUT2D eigenvalue weighted by Gasteiger charge is 2.20. The first-order valence-electron chi connectivity index (χ1n) is 12.6. The second-order valence-corrected chi connectivity index (χ2v) is 8.76. The summed E-state index contributed by atoms with van der Waals surface area (Å²) in [4.78, 5) is 23.5. The molecule has 2 aromatic carbocycles. The van der Waals surface area contributed by atoms with Gasteiger partial charge in [0, 0.05) is 41.0 Å². The highest BCUT2D eigenvalue weighted by molar-refractivity contribution is 5.92. The summed E-state index contributed by atoms with van der Waals surface area (Å²) in [6.07, 6.45) is 2.74. The zero-order chi connectivity index (χ0) is 29.6. The van der Waals surface area contributed by atoms with Crippen LogP contribution in [0.2, 0.25) is 0 Å². The fourth-order valence-corrected chi connectivity index (χ4v) is 4.09. The number of carbonyl (C=O) groups is 1. The minimum atomic E-state index is -0.846. The third kappa shape index (κ3) is 6.23. The number of methoxy groups -OCH3 is 1. The number of hydrogen-bond acceptors (Lipinski definition) is 10. The summed E-state index contributed by atoms with van der Waals surface area (Å²) in [6, 6.07) is 11.9. The maximum atomic E-state index is 15.0. The van der Waals surface area contributed by atoms with Crippen molar-refractivity contribution < 1.29 is 32.2 Å². The number of halogens is 3. The van der Waals surface area contributed by atoms with E-state index >= 15 is 8.78 Å². The lowest BCUT2D eigenvalue weighted by Crippen LogP contribution is -2.19. The van der Waals surface area contributed by atoms with Gasteiger partial charge in [0.15, 0.2) is 17.4 Å². The summed E-state index contributed by atoms with van der Waals surface area (Å²) in [7, 11) is 1.44. The quantitative estimate of drug-likeness (QED) is 0.134. The Bertz CT molecular complexity index is 1730. The molecule has 0 bridgehead atoms. The zero-order valence-corrected chi connectivity index (χ0v) is 22.2. The monoisotopic (exact) mass is 579 g/mol. The molecule has 3 aromatic heterocycles. The van der Waals surface area contributed by atoms with Crippen molar-refractivity contribution in [1.82, 2.24) is 24.7 Å². The molecular formula is C28H24F3N7O4. The lowest BCUT2D eigenvalue weighted by molar-refractivity contribution is -0.142. The molecule has 0 spiro atoms. The lowest BCUT2D eigenvalue weighted by Gasteiger charge is -2.11. The van der Waals surface area contributed by atoms with Crippen LogP contribution in [0, 0.1) is 17.6 Å². The number of nitrogens with two attached hydrogens (primary N) is 1. The average molecular weight is 580 g/mol.